The molecule has 5 nitrogen and oxygen atoms in total. The summed E-state index contributed by atoms with van der Waals surface area (Å²) in [6.07, 6.45) is 2.60. The van der Waals surface area contributed by atoms with E-state index in [4.69, 9.17) is 16.3 Å². The minimum atomic E-state index is -0.418. The SMILES string of the molecule is COc1ccc(Cl)c(NC(=O)c2cncc(O)c2)c1. The van der Waals surface area contributed by atoms with Crippen molar-refractivity contribution < 1.29 is 14.6 Å². The summed E-state index contributed by atoms with van der Waals surface area (Å²) in [5.41, 5.74) is 0.660. The molecule has 0 spiro atoms. The molecule has 0 aliphatic carbocycles. The van der Waals surface area contributed by atoms with Crippen molar-refractivity contribution in [2.75, 3.05) is 12.4 Å². The molecule has 6 heteroatoms. The largest absolute Gasteiger partial charge is 0.506 e. The van der Waals surface area contributed by atoms with Crippen molar-refractivity contribution in [3.63, 3.8) is 0 Å². The van der Waals surface area contributed by atoms with E-state index < -0.39 is 5.91 Å². The van der Waals surface area contributed by atoms with E-state index in [9.17, 15) is 9.90 Å². The van der Waals surface area contributed by atoms with Crippen LogP contribution in [0.5, 0.6) is 11.5 Å². The Hall–Kier alpha value is -2.27. The number of aromatic nitrogens is 1. The van der Waals surface area contributed by atoms with E-state index in [2.05, 4.69) is 10.3 Å². The van der Waals surface area contributed by atoms with Crippen molar-refractivity contribution in [3.05, 3.63) is 47.2 Å². The van der Waals surface area contributed by atoms with Crippen LogP contribution in [0.1, 0.15) is 10.4 Å². The number of hydrogen-bond acceptors (Lipinski definition) is 4. The first kappa shape index (κ1) is 13.2. The van der Waals surface area contributed by atoms with E-state index in [0.717, 1.165) is 0 Å². The Morgan fingerprint density at radius 3 is 2.84 bits per heavy atom. The Morgan fingerprint density at radius 2 is 2.16 bits per heavy atom. The van der Waals surface area contributed by atoms with Crippen LogP contribution in [-0.2, 0) is 0 Å². The van der Waals surface area contributed by atoms with Crippen LogP contribution in [0.2, 0.25) is 5.02 Å². The van der Waals surface area contributed by atoms with Crippen molar-refractivity contribution in [1.29, 1.82) is 0 Å². The fraction of sp³-hybridized carbons (Fsp3) is 0.0769. The quantitative estimate of drug-likeness (QED) is 0.905. The molecule has 1 aromatic heterocycles. The average molecular weight is 279 g/mol. The number of rotatable bonds is 3. The van der Waals surface area contributed by atoms with Crippen molar-refractivity contribution in [2.45, 2.75) is 0 Å². The molecule has 98 valence electrons. The summed E-state index contributed by atoms with van der Waals surface area (Å²) in [6.45, 7) is 0. The predicted molar refractivity (Wildman–Crippen MR) is 71.9 cm³/mol. The number of nitrogens with zero attached hydrogens (tertiary/aromatic N) is 1. The molecule has 2 aromatic rings. The number of anilines is 1. The van der Waals surface area contributed by atoms with E-state index >= 15 is 0 Å². The number of nitrogens with one attached hydrogen (secondary N) is 1. The highest BCUT2D eigenvalue weighted by Crippen LogP contribution is 2.27. The lowest BCUT2D eigenvalue weighted by atomic mass is 10.2. The van der Waals surface area contributed by atoms with Gasteiger partial charge in [0.25, 0.3) is 5.91 Å². The van der Waals surface area contributed by atoms with Crippen LogP contribution < -0.4 is 10.1 Å². The van der Waals surface area contributed by atoms with Gasteiger partial charge < -0.3 is 15.2 Å². The normalized spacial score (nSPS) is 10.0. The zero-order valence-corrected chi connectivity index (χ0v) is 10.8. The van der Waals surface area contributed by atoms with Crippen LogP contribution in [0, 0.1) is 0 Å². The van der Waals surface area contributed by atoms with E-state index in [1.165, 1.54) is 25.6 Å². The zero-order valence-electron chi connectivity index (χ0n) is 10.1. The molecule has 0 fully saturated rings. The third kappa shape index (κ3) is 3.14. The van der Waals surface area contributed by atoms with E-state index in [1.807, 2.05) is 0 Å². The maximum absolute atomic E-state index is 12.0. The number of carbonyl (C=O) groups excluding carboxylic acids is 1. The fourth-order valence-electron chi connectivity index (χ4n) is 1.47. The van der Waals surface area contributed by atoms with E-state index in [1.54, 1.807) is 18.2 Å². The number of benzene rings is 1. The Morgan fingerprint density at radius 1 is 1.37 bits per heavy atom. The minimum absolute atomic E-state index is 0.0793. The lowest BCUT2D eigenvalue weighted by molar-refractivity contribution is 0.102. The van der Waals surface area contributed by atoms with Crippen LogP contribution in [0.3, 0.4) is 0 Å². The van der Waals surface area contributed by atoms with Gasteiger partial charge in [-0.05, 0) is 18.2 Å². The molecule has 0 aliphatic rings. The first-order valence-corrected chi connectivity index (χ1v) is 5.77. The van der Waals surface area contributed by atoms with Gasteiger partial charge in [-0.3, -0.25) is 9.78 Å². The molecule has 0 radical (unpaired) electrons. The molecule has 0 saturated carbocycles. The van der Waals surface area contributed by atoms with Crippen molar-refractivity contribution >= 4 is 23.2 Å². The molecular weight excluding hydrogens is 268 g/mol. The maximum atomic E-state index is 12.0. The second kappa shape index (κ2) is 5.58. The van der Waals surface area contributed by atoms with Gasteiger partial charge in [-0.2, -0.15) is 0 Å². The van der Waals surface area contributed by atoms with Gasteiger partial charge in [-0.1, -0.05) is 11.6 Å². The molecule has 0 atom stereocenters. The van der Waals surface area contributed by atoms with Gasteiger partial charge in [-0.15, -0.1) is 0 Å². The van der Waals surface area contributed by atoms with Gasteiger partial charge in [0.1, 0.15) is 11.5 Å². The topological polar surface area (TPSA) is 71.5 Å². The summed E-state index contributed by atoms with van der Waals surface area (Å²) in [4.78, 5) is 15.7. The van der Waals surface area contributed by atoms with Crippen molar-refractivity contribution in [1.82, 2.24) is 4.98 Å². The number of methoxy groups -OCH3 is 1. The van der Waals surface area contributed by atoms with Crippen LogP contribution in [0.25, 0.3) is 0 Å². The van der Waals surface area contributed by atoms with Gasteiger partial charge in [0.05, 0.1) is 29.6 Å². The van der Waals surface area contributed by atoms with Gasteiger partial charge in [0.15, 0.2) is 0 Å². The van der Waals surface area contributed by atoms with Crippen LogP contribution in [0.15, 0.2) is 36.7 Å². The second-order valence-corrected chi connectivity index (χ2v) is 4.14. The lowest BCUT2D eigenvalue weighted by Gasteiger charge is -2.09. The minimum Gasteiger partial charge on any atom is -0.506 e. The number of amides is 1. The monoisotopic (exact) mass is 278 g/mol. The van der Waals surface area contributed by atoms with Crippen molar-refractivity contribution in [2.24, 2.45) is 0 Å². The van der Waals surface area contributed by atoms with Crippen LogP contribution >= 0.6 is 11.6 Å². The smallest absolute Gasteiger partial charge is 0.257 e. The summed E-state index contributed by atoms with van der Waals surface area (Å²) >= 11 is 5.98. The molecule has 2 rings (SSSR count). The van der Waals surface area contributed by atoms with Gasteiger partial charge in [-0.25, -0.2) is 0 Å². The third-order valence-electron chi connectivity index (χ3n) is 2.41. The standard InChI is InChI=1S/C13H11ClN2O3/c1-19-10-2-3-11(14)12(5-10)16-13(18)8-4-9(17)7-15-6-8/h2-7,17H,1H3,(H,16,18). The first-order chi connectivity index (χ1) is 9.10. The summed E-state index contributed by atoms with van der Waals surface area (Å²) in [5, 5.41) is 12.3. The first-order valence-electron chi connectivity index (χ1n) is 5.39. The summed E-state index contributed by atoms with van der Waals surface area (Å²) in [7, 11) is 1.52. The predicted octanol–water partition coefficient (Wildman–Crippen LogP) is 2.70. The molecule has 19 heavy (non-hydrogen) atoms. The summed E-state index contributed by atoms with van der Waals surface area (Å²) in [5.74, 6) is 0.0803. The zero-order chi connectivity index (χ0) is 13.8. The van der Waals surface area contributed by atoms with E-state index in [-0.39, 0.29) is 11.3 Å². The van der Waals surface area contributed by atoms with Crippen molar-refractivity contribution in [3.8, 4) is 11.5 Å². The summed E-state index contributed by atoms with van der Waals surface area (Å²) in [6, 6.07) is 6.23. The Labute approximate surface area is 114 Å². The Balaban J connectivity index is 2.23. The second-order valence-electron chi connectivity index (χ2n) is 3.73. The molecule has 0 saturated heterocycles. The average Bonchev–Trinajstić information content (AvgIpc) is 2.41. The van der Waals surface area contributed by atoms with Gasteiger partial charge in [0.2, 0.25) is 0 Å². The fourth-order valence-corrected chi connectivity index (χ4v) is 1.64. The lowest BCUT2D eigenvalue weighted by Crippen LogP contribution is -2.12. The number of ether oxygens (including phenoxy) is 1. The molecule has 1 amide bonds. The molecular formula is C13H11ClN2O3. The highest BCUT2D eigenvalue weighted by Gasteiger charge is 2.10. The molecule has 0 aliphatic heterocycles. The Bertz CT molecular complexity index is 617. The molecule has 0 unspecified atom stereocenters. The molecule has 0 bridgehead atoms. The van der Waals surface area contributed by atoms with Gasteiger partial charge >= 0.3 is 0 Å². The number of hydrogen-bond donors (Lipinski definition) is 2. The number of pyridine rings is 1. The van der Waals surface area contributed by atoms with Gasteiger partial charge in [0, 0.05) is 12.3 Å². The Kier molecular flexibility index (Phi) is 3.87. The maximum Gasteiger partial charge on any atom is 0.257 e. The molecule has 1 aromatic carbocycles. The molecule has 2 N–H and O–H groups in total. The molecule has 1 heterocycles. The van der Waals surface area contributed by atoms with Crippen LogP contribution in [0.4, 0.5) is 5.69 Å². The highest BCUT2D eigenvalue weighted by molar-refractivity contribution is 6.34. The van der Waals surface area contributed by atoms with Crippen LogP contribution in [-0.4, -0.2) is 23.1 Å². The summed E-state index contributed by atoms with van der Waals surface area (Å²) < 4.78 is 5.05. The third-order valence-corrected chi connectivity index (χ3v) is 2.74. The highest BCUT2D eigenvalue weighted by atomic mass is 35.5. The van der Waals surface area contributed by atoms with E-state index in [0.29, 0.717) is 16.5 Å². The number of aromatic hydroxyl groups is 1. The number of carbonyl (C=O) groups is 1. The number of halogens is 1.